The van der Waals surface area contributed by atoms with E-state index < -0.39 is 111 Å². The average Bonchev–Trinajstić information content (AvgIpc) is 2.80. The molecule has 0 aromatic rings. The third-order valence-corrected chi connectivity index (χ3v) is 6.53. The van der Waals surface area contributed by atoms with Gasteiger partial charge in [-0.05, 0) is 0 Å². The number of hydrogen-bond donors (Lipinski definition) is 12. The van der Waals surface area contributed by atoms with Crippen molar-refractivity contribution in [2.45, 2.75) is 85.0 Å². The summed E-state index contributed by atoms with van der Waals surface area (Å²) in [4.78, 5) is 0. The predicted octanol–water partition coefficient (Wildman–Crippen LogP) is -7.57. The first kappa shape index (κ1) is 27.0. The van der Waals surface area contributed by atoms with E-state index in [-0.39, 0.29) is 0 Å². The summed E-state index contributed by atoms with van der Waals surface area (Å²) >= 11 is 0. The highest BCUT2D eigenvalue weighted by atomic mass is 16.6. The molecule has 3 aliphatic rings. The van der Waals surface area contributed by atoms with Crippen molar-refractivity contribution in [3.63, 3.8) is 0 Å². The molecular formula is C18H31O15. The number of ether oxygens (including phenoxy) is 3. The Balaban J connectivity index is 2.07. The van der Waals surface area contributed by atoms with E-state index in [0.717, 1.165) is 0 Å². The summed E-state index contributed by atoms with van der Waals surface area (Å²) in [7, 11) is 0. The fourth-order valence-electron chi connectivity index (χ4n) is 4.55. The lowest BCUT2D eigenvalue weighted by molar-refractivity contribution is -0.350. The zero-order valence-electron chi connectivity index (χ0n) is 17.2. The number of aliphatic hydroxyl groups excluding tert-OH is 11. The molecule has 14 atom stereocenters. The van der Waals surface area contributed by atoms with Gasteiger partial charge in [0.15, 0.2) is 11.7 Å². The van der Waals surface area contributed by atoms with E-state index in [1.54, 1.807) is 0 Å². The molecule has 33 heavy (non-hydrogen) atoms. The summed E-state index contributed by atoms with van der Waals surface area (Å²) in [6, 6.07) is 0. The van der Waals surface area contributed by atoms with E-state index in [2.05, 4.69) is 0 Å². The van der Waals surface area contributed by atoms with Crippen LogP contribution in [-0.2, 0) is 14.2 Å². The van der Waals surface area contributed by atoms with Crippen molar-refractivity contribution in [1.82, 2.24) is 0 Å². The standard InChI is InChI=1S/C18H31O15/c19-1-4-7(22)10(25)12(27)14(31-4)17-18(30,15(29)9(24)6(3-21)33-17)16-13(28)11(26)8(23)5(2-20)32-16/h4-14,16-17,19-30H,1-3H2/t4-,5-,6-,7-,8-,9-,10+,11+,12-,13-,14?,16?,17?,18+/m1/s1. The van der Waals surface area contributed by atoms with Crippen molar-refractivity contribution in [2.24, 2.45) is 0 Å². The monoisotopic (exact) mass is 487 g/mol. The second-order valence-electron chi connectivity index (χ2n) is 8.48. The van der Waals surface area contributed by atoms with E-state index in [9.17, 15) is 61.3 Å². The first-order valence-corrected chi connectivity index (χ1v) is 10.3. The van der Waals surface area contributed by atoms with Crippen molar-refractivity contribution >= 4 is 0 Å². The smallest absolute Gasteiger partial charge is 0.161 e. The second-order valence-corrected chi connectivity index (χ2v) is 8.48. The third-order valence-electron chi connectivity index (χ3n) is 6.53. The summed E-state index contributed by atoms with van der Waals surface area (Å²) in [5.41, 5.74) is -3.04. The maximum Gasteiger partial charge on any atom is 0.161 e. The van der Waals surface area contributed by atoms with Crippen molar-refractivity contribution in [1.29, 1.82) is 0 Å². The Hall–Kier alpha value is -0.600. The van der Waals surface area contributed by atoms with E-state index in [4.69, 9.17) is 14.2 Å². The molecule has 0 saturated carbocycles. The Bertz CT molecular complexity index is 650. The highest BCUT2D eigenvalue weighted by molar-refractivity contribution is 5.23. The highest BCUT2D eigenvalue weighted by Crippen LogP contribution is 2.45. The van der Waals surface area contributed by atoms with Crippen LogP contribution in [0.5, 0.6) is 0 Å². The van der Waals surface area contributed by atoms with E-state index >= 15 is 0 Å². The Morgan fingerprint density at radius 2 is 1.03 bits per heavy atom. The average molecular weight is 487 g/mol. The van der Waals surface area contributed by atoms with Gasteiger partial charge < -0.3 is 75.5 Å². The number of hydrogen-bond acceptors (Lipinski definition) is 15. The summed E-state index contributed by atoms with van der Waals surface area (Å²) in [5.74, 6) is 0. The Labute approximate surface area is 187 Å². The number of aliphatic hydroxyl groups is 12. The summed E-state index contributed by atoms with van der Waals surface area (Å²) in [6.45, 7) is -2.66. The van der Waals surface area contributed by atoms with Crippen LogP contribution in [0.1, 0.15) is 0 Å². The molecule has 0 aromatic heterocycles. The SMILES string of the molecule is OC[C@H]1OC(C2O[C@H](CO)[C@@H](O)[C](O)[C@]2(O)C2O[C@H](CO)[C@@H](O)[C@H](O)[C@H]2O)[C@H](O)[C@@H](O)[C@@H]1O. The van der Waals surface area contributed by atoms with Gasteiger partial charge in [0.1, 0.15) is 79.4 Å². The van der Waals surface area contributed by atoms with Crippen molar-refractivity contribution in [3.05, 3.63) is 6.10 Å². The lowest BCUT2D eigenvalue weighted by atomic mass is 9.71. The molecule has 0 amide bonds. The molecule has 0 bridgehead atoms. The minimum absolute atomic E-state index is 0.853. The van der Waals surface area contributed by atoms with Gasteiger partial charge in [0.2, 0.25) is 0 Å². The van der Waals surface area contributed by atoms with E-state index in [1.165, 1.54) is 0 Å². The van der Waals surface area contributed by atoms with Crippen LogP contribution in [0.2, 0.25) is 0 Å². The van der Waals surface area contributed by atoms with E-state index in [1.807, 2.05) is 0 Å². The molecule has 15 nitrogen and oxygen atoms in total. The molecule has 193 valence electrons. The van der Waals surface area contributed by atoms with E-state index in [0.29, 0.717) is 0 Å². The topological polar surface area (TPSA) is 270 Å². The van der Waals surface area contributed by atoms with Gasteiger partial charge in [0.25, 0.3) is 0 Å². The zero-order valence-corrected chi connectivity index (χ0v) is 17.2. The van der Waals surface area contributed by atoms with Gasteiger partial charge in [-0.3, -0.25) is 0 Å². The van der Waals surface area contributed by atoms with Crippen LogP contribution in [0, 0.1) is 6.10 Å². The maximum atomic E-state index is 11.6. The Morgan fingerprint density at radius 3 is 1.55 bits per heavy atom. The van der Waals surface area contributed by atoms with Crippen molar-refractivity contribution in [2.75, 3.05) is 19.8 Å². The maximum absolute atomic E-state index is 11.6. The van der Waals surface area contributed by atoms with Gasteiger partial charge in [0.05, 0.1) is 19.8 Å². The molecule has 3 fully saturated rings. The van der Waals surface area contributed by atoms with Crippen LogP contribution in [-0.4, -0.2) is 166 Å². The lowest BCUT2D eigenvalue weighted by Gasteiger charge is -2.57. The van der Waals surface area contributed by atoms with Gasteiger partial charge in [0, 0.05) is 0 Å². The molecule has 0 spiro atoms. The molecule has 12 N–H and O–H groups in total. The molecule has 3 unspecified atom stereocenters. The van der Waals surface area contributed by atoms with Crippen LogP contribution < -0.4 is 0 Å². The molecular weight excluding hydrogens is 456 g/mol. The minimum atomic E-state index is -3.04. The van der Waals surface area contributed by atoms with Gasteiger partial charge in [-0.15, -0.1) is 0 Å². The van der Waals surface area contributed by atoms with Crippen molar-refractivity contribution < 1.29 is 75.5 Å². The third kappa shape index (κ3) is 4.31. The summed E-state index contributed by atoms with van der Waals surface area (Å²) < 4.78 is 16.2. The predicted molar refractivity (Wildman–Crippen MR) is 99.4 cm³/mol. The van der Waals surface area contributed by atoms with Crippen LogP contribution >= 0.6 is 0 Å². The van der Waals surface area contributed by atoms with Gasteiger partial charge >= 0.3 is 0 Å². The summed E-state index contributed by atoms with van der Waals surface area (Å²) in [6.07, 6.45) is -25.7. The van der Waals surface area contributed by atoms with Gasteiger partial charge in [-0.25, -0.2) is 0 Å². The minimum Gasteiger partial charge on any atom is -0.394 e. The molecule has 15 heteroatoms. The van der Waals surface area contributed by atoms with Crippen molar-refractivity contribution in [3.8, 4) is 0 Å². The van der Waals surface area contributed by atoms with Crippen LogP contribution in [0.25, 0.3) is 0 Å². The molecule has 3 heterocycles. The quantitative estimate of drug-likeness (QED) is 0.172. The Kier molecular flexibility index (Phi) is 8.32. The fraction of sp³-hybridized carbons (Fsp3) is 0.944. The molecule has 0 aromatic carbocycles. The summed E-state index contributed by atoms with van der Waals surface area (Å²) in [5, 5.41) is 122. The molecule has 0 aliphatic carbocycles. The number of rotatable bonds is 5. The van der Waals surface area contributed by atoms with Crippen LogP contribution in [0.15, 0.2) is 0 Å². The fourth-order valence-corrected chi connectivity index (χ4v) is 4.55. The highest BCUT2D eigenvalue weighted by Gasteiger charge is 2.68. The molecule has 3 saturated heterocycles. The second kappa shape index (κ2) is 10.2. The normalized spacial score (nSPS) is 54.4. The lowest BCUT2D eigenvalue weighted by Crippen LogP contribution is -2.78. The molecule has 3 aliphatic heterocycles. The molecule has 3 rings (SSSR count). The largest absolute Gasteiger partial charge is 0.394 e. The zero-order chi connectivity index (χ0) is 24.8. The first-order chi connectivity index (χ1) is 15.4. The molecule has 1 radical (unpaired) electrons. The Morgan fingerprint density at radius 1 is 0.576 bits per heavy atom. The first-order valence-electron chi connectivity index (χ1n) is 10.3. The van der Waals surface area contributed by atoms with Gasteiger partial charge in [-0.1, -0.05) is 0 Å². The van der Waals surface area contributed by atoms with Crippen LogP contribution in [0.4, 0.5) is 0 Å². The van der Waals surface area contributed by atoms with Crippen LogP contribution in [0.3, 0.4) is 0 Å². The van der Waals surface area contributed by atoms with Gasteiger partial charge in [-0.2, -0.15) is 0 Å².